The van der Waals surface area contributed by atoms with Gasteiger partial charge in [0.05, 0.1) is 0 Å². The first kappa shape index (κ1) is 17.2. The lowest BCUT2D eigenvalue weighted by molar-refractivity contribution is 0.0790. The van der Waals surface area contributed by atoms with E-state index in [1.54, 1.807) is 53.5 Å². The van der Waals surface area contributed by atoms with Crippen LogP contribution in [0.4, 0.5) is 5.69 Å². The maximum Gasteiger partial charge on any atom is 0.255 e. The molecule has 0 spiro atoms. The minimum absolute atomic E-state index is 0.101. The first-order valence-electron chi connectivity index (χ1n) is 7.63. The quantitative estimate of drug-likeness (QED) is 0.790. The molecule has 0 saturated heterocycles. The van der Waals surface area contributed by atoms with Crippen molar-refractivity contribution in [3.05, 3.63) is 91.0 Å². The number of anilines is 1. The standard InChI is InChI=1S/C20H20N2O2/c1-3-14-22(15-4-2)20(24)17-10-12-18(13-11-17)21-19(23)16-8-6-5-7-9-16/h3-13H,1-2,14-15H2,(H,21,23). The summed E-state index contributed by atoms with van der Waals surface area (Å²) in [4.78, 5) is 26.2. The Balaban J connectivity index is 2.07. The van der Waals surface area contributed by atoms with E-state index >= 15 is 0 Å². The molecule has 2 amide bonds. The van der Waals surface area contributed by atoms with E-state index in [9.17, 15) is 9.59 Å². The molecule has 0 heterocycles. The molecule has 122 valence electrons. The van der Waals surface area contributed by atoms with Crippen molar-refractivity contribution in [2.24, 2.45) is 0 Å². The van der Waals surface area contributed by atoms with E-state index in [1.165, 1.54) is 0 Å². The van der Waals surface area contributed by atoms with Gasteiger partial charge in [0.1, 0.15) is 0 Å². The fourth-order valence-corrected chi connectivity index (χ4v) is 2.22. The molecule has 0 saturated carbocycles. The Morgan fingerprint density at radius 2 is 1.46 bits per heavy atom. The molecule has 0 fully saturated rings. The van der Waals surface area contributed by atoms with Crippen molar-refractivity contribution in [2.45, 2.75) is 0 Å². The van der Waals surface area contributed by atoms with Gasteiger partial charge < -0.3 is 10.2 Å². The summed E-state index contributed by atoms with van der Waals surface area (Å²) in [6, 6.07) is 15.8. The predicted molar refractivity (Wildman–Crippen MR) is 97.1 cm³/mol. The molecule has 0 aliphatic carbocycles. The highest BCUT2D eigenvalue weighted by Crippen LogP contribution is 2.13. The summed E-state index contributed by atoms with van der Waals surface area (Å²) < 4.78 is 0. The van der Waals surface area contributed by atoms with Gasteiger partial charge in [-0.1, -0.05) is 30.4 Å². The molecule has 0 aliphatic rings. The maximum atomic E-state index is 12.4. The first-order chi connectivity index (χ1) is 11.7. The van der Waals surface area contributed by atoms with E-state index in [4.69, 9.17) is 0 Å². The average Bonchev–Trinajstić information content (AvgIpc) is 2.62. The SMILES string of the molecule is C=CCN(CC=C)C(=O)c1ccc(NC(=O)c2ccccc2)cc1. The smallest absolute Gasteiger partial charge is 0.255 e. The first-order valence-corrected chi connectivity index (χ1v) is 7.63. The van der Waals surface area contributed by atoms with Gasteiger partial charge in [0.15, 0.2) is 0 Å². The lowest BCUT2D eigenvalue weighted by Crippen LogP contribution is -2.31. The Kier molecular flexibility index (Phi) is 6.08. The van der Waals surface area contributed by atoms with Crippen LogP contribution in [-0.2, 0) is 0 Å². The van der Waals surface area contributed by atoms with Crippen molar-refractivity contribution >= 4 is 17.5 Å². The highest BCUT2D eigenvalue weighted by Gasteiger charge is 2.13. The normalized spacial score (nSPS) is 9.83. The van der Waals surface area contributed by atoms with Crippen LogP contribution in [0.5, 0.6) is 0 Å². The van der Waals surface area contributed by atoms with Gasteiger partial charge in [0, 0.05) is 29.9 Å². The zero-order valence-corrected chi connectivity index (χ0v) is 13.4. The third-order valence-corrected chi connectivity index (χ3v) is 3.41. The van der Waals surface area contributed by atoms with Crippen LogP contribution < -0.4 is 5.32 Å². The summed E-state index contributed by atoms with van der Waals surface area (Å²) in [6.07, 6.45) is 3.35. The molecule has 0 bridgehead atoms. The molecule has 2 rings (SSSR count). The van der Waals surface area contributed by atoms with Crippen molar-refractivity contribution in [3.63, 3.8) is 0 Å². The molecule has 0 unspecified atom stereocenters. The topological polar surface area (TPSA) is 49.4 Å². The van der Waals surface area contributed by atoms with Gasteiger partial charge in [-0.15, -0.1) is 13.2 Å². The monoisotopic (exact) mass is 320 g/mol. The van der Waals surface area contributed by atoms with Crippen LogP contribution in [0.2, 0.25) is 0 Å². The number of hydrogen-bond acceptors (Lipinski definition) is 2. The Bertz CT molecular complexity index is 711. The predicted octanol–water partition coefficient (Wildman–Crippen LogP) is 3.75. The van der Waals surface area contributed by atoms with Crippen molar-refractivity contribution in [2.75, 3.05) is 18.4 Å². The number of carbonyl (C=O) groups is 2. The second-order valence-corrected chi connectivity index (χ2v) is 5.18. The van der Waals surface area contributed by atoms with Gasteiger partial charge in [-0.2, -0.15) is 0 Å². The lowest BCUT2D eigenvalue weighted by Gasteiger charge is -2.19. The fourth-order valence-electron chi connectivity index (χ4n) is 2.22. The summed E-state index contributed by atoms with van der Waals surface area (Å²) >= 11 is 0. The molecule has 2 aromatic rings. The zero-order chi connectivity index (χ0) is 17.4. The number of amides is 2. The number of hydrogen-bond donors (Lipinski definition) is 1. The average molecular weight is 320 g/mol. The Morgan fingerprint density at radius 3 is 2.00 bits per heavy atom. The van der Waals surface area contributed by atoms with E-state index in [2.05, 4.69) is 18.5 Å². The Hall–Kier alpha value is -3.14. The molecular weight excluding hydrogens is 300 g/mol. The van der Waals surface area contributed by atoms with Gasteiger partial charge >= 0.3 is 0 Å². The largest absolute Gasteiger partial charge is 0.331 e. The molecule has 0 aliphatic heterocycles. The summed E-state index contributed by atoms with van der Waals surface area (Å²) in [5.74, 6) is -0.287. The number of rotatable bonds is 7. The third-order valence-electron chi connectivity index (χ3n) is 3.41. The summed E-state index contributed by atoms with van der Waals surface area (Å²) in [5.41, 5.74) is 1.77. The Labute approximate surface area is 142 Å². The van der Waals surface area contributed by atoms with E-state index in [0.717, 1.165) is 0 Å². The number of carbonyl (C=O) groups excluding carboxylic acids is 2. The molecule has 0 radical (unpaired) electrons. The molecular formula is C20H20N2O2. The van der Waals surface area contributed by atoms with Gasteiger partial charge in [0.25, 0.3) is 11.8 Å². The molecule has 1 N–H and O–H groups in total. The second kappa shape index (κ2) is 8.48. The van der Waals surface area contributed by atoms with Gasteiger partial charge in [0.2, 0.25) is 0 Å². The second-order valence-electron chi connectivity index (χ2n) is 5.18. The van der Waals surface area contributed by atoms with Crippen molar-refractivity contribution in [3.8, 4) is 0 Å². The van der Waals surface area contributed by atoms with Crippen LogP contribution in [0.25, 0.3) is 0 Å². The zero-order valence-electron chi connectivity index (χ0n) is 13.4. The molecule has 0 atom stereocenters. The van der Waals surface area contributed by atoms with Crippen LogP contribution >= 0.6 is 0 Å². The summed E-state index contributed by atoms with van der Waals surface area (Å²) in [5, 5.41) is 2.81. The van der Waals surface area contributed by atoms with Crippen LogP contribution in [0.15, 0.2) is 79.9 Å². The third kappa shape index (κ3) is 4.43. The van der Waals surface area contributed by atoms with E-state index < -0.39 is 0 Å². The molecule has 2 aromatic carbocycles. The van der Waals surface area contributed by atoms with Gasteiger partial charge in [-0.25, -0.2) is 0 Å². The summed E-state index contributed by atoms with van der Waals surface area (Å²) in [6.45, 7) is 8.23. The number of benzene rings is 2. The van der Waals surface area contributed by atoms with E-state index in [-0.39, 0.29) is 11.8 Å². The van der Waals surface area contributed by atoms with Crippen LogP contribution in [-0.4, -0.2) is 29.8 Å². The Morgan fingerprint density at radius 1 is 0.875 bits per heavy atom. The number of nitrogens with one attached hydrogen (secondary N) is 1. The van der Waals surface area contributed by atoms with E-state index in [1.807, 2.05) is 18.2 Å². The number of nitrogens with zero attached hydrogens (tertiary/aromatic N) is 1. The lowest BCUT2D eigenvalue weighted by atomic mass is 10.1. The highest BCUT2D eigenvalue weighted by atomic mass is 16.2. The minimum Gasteiger partial charge on any atom is -0.331 e. The van der Waals surface area contributed by atoms with E-state index in [0.29, 0.717) is 29.9 Å². The summed E-state index contributed by atoms with van der Waals surface area (Å²) in [7, 11) is 0. The molecule has 4 nitrogen and oxygen atoms in total. The molecule has 24 heavy (non-hydrogen) atoms. The van der Waals surface area contributed by atoms with Crippen molar-refractivity contribution in [1.29, 1.82) is 0 Å². The van der Waals surface area contributed by atoms with Gasteiger partial charge in [-0.05, 0) is 36.4 Å². The van der Waals surface area contributed by atoms with Crippen molar-refractivity contribution in [1.82, 2.24) is 4.90 Å². The highest BCUT2D eigenvalue weighted by molar-refractivity contribution is 6.04. The van der Waals surface area contributed by atoms with Crippen LogP contribution in [0.1, 0.15) is 20.7 Å². The maximum absolute atomic E-state index is 12.4. The fraction of sp³-hybridized carbons (Fsp3) is 0.100. The van der Waals surface area contributed by atoms with Gasteiger partial charge in [-0.3, -0.25) is 9.59 Å². The van der Waals surface area contributed by atoms with Crippen LogP contribution in [0.3, 0.4) is 0 Å². The minimum atomic E-state index is -0.186. The van der Waals surface area contributed by atoms with Crippen LogP contribution in [0, 0.1) is 0 Å². The molecule has 4 heteroatoms. The van der Waals surface area contributed by atoms with Crippen molar-refractivity contribution < 1.29 is 9.59 Å². The molecule has 0 aromatic heterocycles.